The summed E-state index contributed by atoms with van der Waals surface area (Å²) in [5.74, 6) is -1.59. The van der Waals surface area contributed by atoms with Crippen LogP contribution >= 0.6 is 0 Å². The molecule has 1 saturated heterocycles. The number of rotatable bonds is 5. The maximum absolute atomic E-state index is 13.5. The number of hydrogen-bond donors (Lipinski definition) is 2. The molecule has 0 radical (unpaired) electrons. The Morgan fingerprint density at radius 3 is 2.11 bits per heavy atom. The predicted octanol–water partition coefficient (Wildman–Crippen LogP) is 4.40. The smallest absolute Gasteiger partial charge is 0.328 e. The third kappa shape index (κ3) is 7.89. The monoisotopic (exact) mass is 483 g/mol. The summed E-state index contributed by atoms with van der Waals surface area (Å²) in [5, 5.41) is 15.6. The molecule has 0 spiro atoms. The molecule has 1 aliphatic heterocycles. The van der Waals surface area contributed by atoms with Crippen LogP contribution in [0.5, 0.6) is 0 Å². The lowest BCUT2D eigenvalue weighted by molar-refractivity contribution is -0.134. The van der Waals surface area contributed by atoms with Gasteiger partial charge in [-0.05, 0) is 67.1 Å². The lowest BCUT2D eigenvalue weighted by Crippen LogP contribution is -2.46. The molecule has 4 rings (SSSR count). The van der Waals surface area contributed by atoms with E-state index in [9.17, 15) is 14.0 Å². The molecule has 1 fully saturated rings. The average Bonchev–Trinajstić information content (AvgIpc) is 2.84. The molecule has 2 aromatic rings. The van der Waals surface area contributed by atoms with Gasteiger partial charge in [0.2, 0.25) is 0 Å². The normalized spacial score (nSPS) is 16.6. The highest BCUT2D eigenvalue weighted by Crippen LogP contribution is 2.33. The molecule has 2 N–H and O–H groups in total. The van der Waals surface area contributed by atoms with Crippen molar-refractivity contribution >= 4 is 17.8 Å². The SMILES string of the molecule is CCN1CCN(c2cc(-c3ccc(F)cc3)c3c(n2)CCCCCC3)CC1.O=C(O)/C=C\C(=O)O. The van der Waals surface area contributed by atoms with Crippen LogP contribution in [-0.4, -0.2) is 64.8 Å². The zero-order valence-corrected chi connectivity index (χ0v) is 20.3. The molecule has 0 saturated carbocycles. The Labute approximate surface area is 205 Å². The third-order valence-corrected chi connectivity index (χ3v) is 6.45. The van der Waals surface area contributed by atoms with Gasteiger partial charge in [0.25, 0.3) is 0 Å². The summed E-state index contributed by atoms with van der Waals surface area (Å²) in [7, 11) is 0. The molecule has 0 unspecified atom stereocenters. The lowest BCUT2D eigenvalue weighted by Gasteiger charge is -2.35. The topological polar surface area (TPSA) is 94.0 Å². The zero-order valence-electron chi connectivity index (χ0n) is 20.3. The molecule has 35 heavy (non-hydrogen) atoms. The van der Waals surface area contributed by atoms with Crippen molar-refractivity contribution in [1.82, 2.24) is 9.88 Å². The highest BCUT2D eigenvalue weighted by molar-refractivity contribution is 5.89. The van der Waals surface area contributed by atoms with Gasteiger partial charge in [-0.2, -0.15) is 0 Å². The fraction of sp³-hybridized carbons (Fsp3) is 0.444. The first-order valence-corrected chi connectivity index (χ1v) is 12.3. The summed E-state index contributed by atoms with van der Waals surface area (Å²) in [4.78, 5) is 29.2. The molecule has 0 amide bonds. The highest BCUT2D eigenvalue weighted by Gasteiger charge is 2.21. The number of carboxylic acids is 2. The second kappa shape index (κ2) is 13.0. The van der Waals surface area contributed by atoms with Crippen LogP contribution in [0.2, 0.25) is 0 Å². The number of likely N-dealkylation sites (N-methyl/N-ethyl adjacent to an activating group) is 1. The van der Waals surface area contributed by atoms with Crippen molar-refractivity contribution in [1.29, 1.82) is 0 Å². The van der Waals surface area contributed by atoms with Crippen molar-refractivity contribution in [2.45, 2.75) is 45.4 Å². The first-order valence-electron chi connectivity index (χ1n) is 12.3. The van der Waals surface area contributed by atoms with Gasteiger partial charge in [-0.3, -0.25) is 0 Å². The maximum Gasteiger partial charge on any atom is 0.328 e. The van der Waals surface area contributed by atoms with Crippen LogP contribution in [0.1, 0.15) is 43.9 Å². The quantitative estimate of drug-likeness (QED) is 0.609. The lowest BCUT2D eigenvalue weighted by atomic mass is 9.90. The van der Waals surface area contributed by atoms with Gasteiger partial charge in [-0.15, -0.1) is 0 Å². The third-order valence-electron chi connectivity index (χ3n) is 6.45. The van der Waals surface area contributed by atoms with Crippen molar-refractivity contribution < 1.29 is 24.2 Å². The van der Waals surface area contributed by atoms with E-state index in [2.05, 4.69) is 22.8 Å². The van der Waals surface area contributed by atoms with Gasteiger partial charge < -0.3 is 20.0 Å². The van der Waals surface area contributed by atoms with Gasteiger partial charge in [0, 0.05) is 44.0 Å². The highest BCUT2D eigenvalue weighted by atomic mass is 19.1. The molecule has 1 aliphatic carbocycles. The van der Waals surface area contributed by atoms with Gasteiger partial charge in [0.05, 0.1) is 0 Å². The Morgan fingerprint density at radius 1 is 0.943 bits per heavy atom. The van der Waals surface area contributed by atoms with Crippen LogP contribution in [0.4, 0.5) is 10.2 Å². The molecular formula is C27H34FN3O4. The molecule has 7 nitrogen and oxygen atoms in total. The molecule has 0 atom stereocenters. The van der Waals surface area contributed by atoms with Gasteiger partial charge in [0.15, 0.2) is 0 Å². The number of hydrogen-bond acceptors (Lipinski definition) is 5. The fourth-order valence-corrected chi connectivity index (χ4v) is 4.53. The van der Waals surface area contributed by atoms with Crippen LogP contribution in [0.15, 0.2) is 42.5 Å². The van der Waals surface area contributed by atoms with E-state index in [0.29, 0.717) is 12.2 Å². The minimum Gasteiger partial charge on any atom is -0.478 e. The van der Waals surface area contributed by atoms with Crippen LogP contribution in [0, 0.1) is 5.82 Å². The minimum absolute atomic E-state index is 0.174. The first-order chi connectivity index (χ1) is 16.9. The Hall–Kier alpha value is -3.26. The van der Waals surface area contributed by atoms with Crippen LogP contribution in [0.3, 0.4) is 0 Å². The molecule has 1 aromatic carbocycles. The molecule has 0 bridgehead atoms. The second-order valence-corrected chi connectivity index (χ2v) is 8.81. The molecule has 8 heteroatoms. The number of nitrogens with zero attached hydrogens (tertiary/aromatic N) is 3. The van der Waals surface area contributed by atoms with E-state index in [0.717, 1.165) is 56.9 Å². The second-order valence-electron chi connectivity index (χ2n) is 8.81. The van der Waals surface area contributed by atoms with E-state index in [-0.39, 0.29) is 5.82 Å². The fourth-order valence-electron chi connectivity index (χ4n) is 4.53. The Balaban J connectivity index is 0.000000371. The predicted molar refractivity (Wildman–Crippen MR) is 134 cm³/mol. The summed E-state index contributed by atoms with van der Waals surface area (Å²) < 4.78 is 13.5. The molecule has 188 valence electrons. The van der Waals surface area contributed by atoms with E-state index < -0.39 is 11.9 Å². The van der Waals surface area contributed by atoms with Gasteiger partial charge in [-0.1, -0.05) is 31.9 Å². The van der Waals surface area contributed by atoms with E-state index >= 15 is 0 Å². The number of aromatic nitrogens is 1. The number of carbonyl (C=O) groups is 2. The number of aliphatic carboxylic acids is 2. The van der Waals surface area contributed by atoms with Crippen molar-refractivity contribution in [3.8, 4) is 11.1 Å². The van der Waals surface area contributed by atoms with Crippen LogP contribution in [0.25, 0.3) is 11.1 Å². The van der Waals surface area contributed by atoms with E-state index in [1.165, 1.54) is 42.5 Å². The minimum atomic E-state index is -1.26. The number of aryl methyl sites for hydroxylation is 1. The van der Waals surface area contributed by atoms with Gasteiger partial charge in [-0.25, -0.2) is 19.0 Å². The van der Waals surface area contributed by atoms with Gasteiger partial charge in [0.1, 0.15) is 11.6 Å². The number of halogens is 1. The van der Waals surface area contributed by atoms with E-state index in [1.54, 1.807) is 12.1 Å². The van der Waals surface area contributed by atoms with Crippen LogP contribution < -0.4 is 4.90 Å². The summed E-state index contributed by atoms with van der Waals surface area (Å²) in [6, 6.07) is 9.25. The molecule has 2 heterocycles. The number of pyridine rings is 1. The maximum atomic E-state index is 13.5. The average molecular weight is 484 g/mol. The Kier molecular flexibility index (Phi) is 9.78. The number of piperazine rings is 1. The summed E-state index contributed by atoms with van der Waals surface area (Å²) in [6.45, 7) is 7.60. The van der Waals surface area contributed by atoms with E-state index in [4.69, 9.17) is 15.2 Å². The number of carboxylic acid groups (broad SMARTS) is 2. The van der Waals surface area contributed by atoms with Crippen molar-refractivity contribution in [2.75, 3.05) is 37.6 Å². The summed E-state index contributed by atoms with van der Waals surface area (Å²) >= 11 is 0. The Bertz CT molecular complexity index is 1020. The molecular weight excluding hydrogens is 449 g/mol. The zero-order chi connectivity index (χ0) is 25.2. The van der Waals surface area contributed by atoms with Crippen LogP contribution in [-0.2, 0) is 22.4 Å². The summed E-state index contributed by atoms with van der Waals surface area (Å²) in [5.41, 5.74) is 5.03. The van der Waals surface area contributed by atoms with Gasteiger partial charge >= 0.3 is 11.9 Å². The van der Waals surface area contributed by atoms with Crippen molar-refractivity contribution in [2.24, 2.45) is 0 Å². The standard InChI is InChI=1S/C23H30FN3.C4H4O4/c1-2-26-13-15-27(16-14-26)23-17-21(18-9-11-19(24)12-10-18)20-7-5-3-4-6-8-22(20)25-23;5-3(6)1-2-4(7)8/h9-12,17H,2-8,13-16H2,1H3;1-2H,(H,5,6)(H,7,8)/b;2-1-. The summed E-state index contributed by atoms with van der Waals surface area (Å²) in [6.07, 6.45) is 8.29. The largest absolute Gasteiger partial charge is 0.478 e. The first kappa shape index (κ1) is 26.3. The molecule has 1 aromatic heterocycles. The number of anilines is 1. The number of benzene rings is 1. The number of fused-ring (bicyclic) bond motifs is 1. The molecule has 2 aliphatic rings. The van der Waals surface area contributed by atoms with Crippen molar-refractivity contribution in [3.63, 3.8) is 0 Å². The van der Waals surface area contributed by atoms with Crippen molar-refractivity contribution in [3.05, 3.63) is 59.6 Å². The Morgan fingerprint density at radius 2 is 1.54 bits per heavy atom. The van der Waals surface area contributed by atoms with E-state index in [1.807, 2.05) is 12.1 Å².